The lowest BCUT2D eigenvalue weighted by Crippen LogP contribution is -2.16. The number of ether oxygens (including phenoxy) is 1. The normalized spacial score (nSPS) is 15.2. The Morgan fingerprint density at radius 1 is 1.60 bits per heavy atom. The molecule has 0 saturated heterocycles. The van der Waals surface area contributed by atoms with E-state index in [2.05, 4.69) is 5.32 Å². The molecule has 0 heterocycles. The number of hydrogen-bond acceptors (Lipinski definition) is 4. The van der Waals surface area contributed by atoms with E-state index < -0.39 is 4.92 Å². The van der Waals surface area contributed by atoms with Gasteiger partial charge in [0.1, 0.15) is 12.4 Å². The van der Waals surface area contributed by atoms with Gasteiger partial charge in [0.05, 0.1) is 4.92 Å². The van der Waals surface area contributed by atoms with Gasteiger partial charge in [-0.3, -0.25) is 10.1 Å². The molecule has 1 aliphatic rings. The Kier molecular flexibility index (Phi) is 4.98. The Labute approximate surface area is 122 Å². The summed E-state index contributed by atoms with van der Waals surface area (Å²) in [6.07, 6.45) is 2.33. The molecule has 1 fully saturated rings. The maximum atomic E-state index is 10.8. The van der Waals surface area contributed by atoms with Crippen molar-refractivity contribution in [2.45, 2.75) is 32.4 Å². The molecule has 1 aliphatic carbocycles. The van der Waals surface area contributed by atoms with Gasteiger partial charge in [0, 0.05) is 35.8 Å². The van der Waals surface area contributed by atoms with E-state index in [9.17, 15) is 10.1 Å². The molecule has 1 N–H and O–H groups in total. The van der Waals surface area contributed by atoms with Crippen LogP contribution in [0.3, 0.4) is 0 Å². The summed E-state index contributed by atoms with van der Waals surface area (Å²) in [7, 11) is 0. The van der Waals surface area contributed by atoms with Gasteiger partial charge in [-0.25, -0.2) is 0 Å². The van der Waals surface area contributed by atoms with Crippen molar-refractivity contribution in [3.05, 3.63) is 45.0 Å². The number of benzene rings is 1. The molecule has 5 nitrogen and oxygen atoms in total. The van der Waals surface area contributed by atoms with Crippen LogP contribution < -0.4 is 10.1 Å². The van der Waals surface area contributed by atoms with Gasteiger partial charge < -0.3 is 10.1 Å². The molecule has 20 heavy (non-hydrogen) atoms. The summed E-state index contributed by atoms with van der Waals surface area (Å²) in [5, 5.41) is 14.2. The minimum absolute atomic E-state index is 0.0783. The molecule has 1 saturated carbocycles. The van der Waals surface area contributed by atoms with Crippen molar-refractivity contribution in [1.29, 1.82) is 0 Å². The third-order valence-corrected chi connectivity index (χ3v) is 3.43. The summed E-state index contributed by atoms with van der Waals surface area (Å²) in [5.74, 6) is 0.654. The second kappa shape index (κ2) is 6.72. The zero-order valence-electron chi connectivity index (χ0n) is 11.3. The lowest BCUT2D eigenvalue weighted by molar-refractivity contribution is -0.384. The summed E-state index contributed by atoms with van der Waals surface area (Å²) in [6.45, 7) is 2.81. The SMILES string of the molecule is C/C(=C/Cl)COc1ccc([N+](=O)[O-])cc1CNC1CC1. The Hall–Kier alpha value is -1.59. The molecule has 0 aromatic heterocycles. The highest BCUT2D eigenvalue weighted by atomic mass is 35.5. The second-order valence-electron chi connectivity index (χ2n) is 4.95. The Morgan fingerprint density at radius 2 is 2.35 bits per heavy atom. The van der Waals surface area contributed by atoms with E-state index in [1.807, 2.05) is 6.92 Å². The van der Waals surface area contributed by atoms with Crippen molar-refractivity contribution in [3.63, 3.8) is 0 Å². The molecule has 0 aliphatic heterocycles. The Morgan fingerprint density at radius 3 is 2.95 bits per heavy atom. The molecule has 1 aromatic carbocycles. The highest BCUT2D eigenvalue weighted by molar-refractivity contribution is 6.25. The van der Waals surface area contributed by atoms with Crippen LogP contribution in [0.1, 0.15) is 25.3 Å². The zero-order chi connectivity index (χ0) is 14.5. The van der Waals surface area contributed by atoms with Gasteiger partial charge in [0.2, 0.25) is 0 Å². The van der Waals surface area contributed by atoms with Gasteiger partial charge in [0.15, 0.2) is 0 Å². The molecular weight excluding hydrogens is 280 g/mol. The molecular formula is C14H17ClN2O3. The van der Waals surface area contributed by atoms with Crippen LogP contribution in [0.5, 0.6) is 5.75 Å². The number of halogens is 1. The highest BCUT2D eigenvalue weighted by Crippen LogP contribution is 2.26. The number of hydrogen-bond donors (Lipinski definition) is 1. The van der Waals surface area contributed by atoms with Crippen molar-refractivity contribution in [1.82, 2.24) is 5.32 Å². The molecule has 0 bridgehead atoms. The van der Waals surface area contributed by atoms with Crippen LogP contribution in [-0.4, -0.2) is 17.6 Å². The van der Waals surface area contributed by atoms with Crippen molar-refractivity contribution in [3.8, 4) is 5.75 Å². The monoisotopic (exact) mass is 296 g/mol. The number of non-ortho nitro benzene ring substituents is 1. The first kappa shape index (κ1) is 14.8. The van der Waals surface area contributed by atoms with Gasteiger partial charge in [-0.05, 0) is 31.4 Å². The van der Waals surface area contributed by atoms with Gasteiger partial charge in [-0.2, -0.15) is 0 Å². The molecule has 0 spiro atoms. The molecule has 0 radical (unpaired) electrons. The maximum absolute atomic E-state index is 10.8. The third kappa shape index (κ3) is 4.21. The van der Waals surface area contributed by atoms with E-state index in [0.717, 1.165) is 11.1 Å². The van der Waals surface area contributed by atoms with Gasteiger partial charge >= 0.3 is 0 Å². The minimum atomic E-state index is -0.395. The quantitative estimate of drug-likeness (QED) is 0.619. The van der Waals surface area contributed by atoms with E-state index in [1.54, 1.807) is 12.1 Å². The predicted octanol–water partition coefficient (Wildman–Crippen LogP) is 3.37. The van der Waals surface area contributed by atoms with Crippen LogP contribution in [-0.2, 0) is 6.54 Å². The van der Waals surface area contributed by atoms with Crippen LogP contribution in [0.2, 0.25) is 0 Å². The van der Waals surface area contributed by atoms with Crippen molar-refractivity contribution in [2.75, 3.05) is 6.61 Å². The standard InChI is InChI=1S/C14H17ClN2O3/c1-10(7-15)9-20-14-5-4-13(17(18)19)6-11(14)8-16-12-2-3-12/h4-7,12,16H,2-3,8-9H2,1H3/b10-7-. The van der Waals surface area contributed by atoms with Crippen LogP contribution in [0.4, 0.5) is 5.69 Å². The van der Waals surface area contributed by atoms with Crippen LogP contribution in [0.25, 0.3) is 0 Å². The van der Waals surface area contributed by atoms with Crippen molar-refractivity contribution >= 4 is 17.3 Å². The lowest BCUT2D eigenvalue weighted by atomic mass is 10.1. The van der Waals surface area contributed by atoms with Gasteiger partial charge in [0.25, 0.3) is 5.69 Å². The fourth-order valence-corrected chi connectivity index (χ4v) is 1.79. The lowest BCUT2D eigenvalue weighted by Gasteiger charge is -2.12. The first-order chi connectivity index (χ1) is 9.60. The first-order valence-corrected chi connectivity index (χ1v) is 6.93. The summed E-state index contributed by atoms with van der Waals surface area (Å²) in [4.78, 5) is 10.5. The molecule has 1 aromatic rings. The molecule has 108 valence electrons. The molecule has 6 heteroatoms. The predicted molar refractivity (Wildman–Crippen MR) is 78.1 cm³/mol. The second-order valence-corrected chi connectivity index (χ2v) is 5.17. The van der Waals surface area contributed by atoms with E-state index in [1.165, 1.54) is 24.4 Å². The van der Waals surface area contributed by atoms with Crippen LogP contribution in [0.15, 0.2) is 29.3 Å². The van der Waals surface area contributed by atoms with Gasteiger partial charge in [-0.15, -0.1) is 0 Å². The summed E-state index contributed by atoms with van der Waals surface area (Å²) in [5.41, 5.74) is 3.24. The van der Waals surface area contributed by atoms with E-state index in [0.29, 0.717) is 24.9 Å². The zero-order valence-corrected chi connectivity index (χ0v) is 12.0. The summed E-state index contributed by atoms with van der Waals surface area (Å²) >= 11 is 5.59. The summed E-state index contributed by atoms with van der Waals surface area (Å²) < 4.78 is 5.66. The van der Waals surface area contributed by atoms with Crippen LogP contribution in [0, 0.1) is 10.1 Å². The first-order valence-electron chi connectivity index (χ1n) is 6.49. The fourth-order valence-electron chi connectivity index (χ4n) is 1.72. The third-order valence-electron chi connectivity index (χ3n) is 3.06. The smallest absolute Gasteiger partial charge is 0.270 e. The largest absolute Gasteiger partial charge is 0.489 e. The topological polar surface area (TPSA) is 64.4 Å². The average molecular weight is 297 g/mol. The minimum Gasteiger partial charge on any atom is -0.489 e. The molecule has 0 amide bonds. The van der Waals surface area contributed by atoms with E-state index in [-0.39, 0.29) is 5.69 Å². The fraction of sp³-hybridized carbons (Fsp3) is 0.429. The summed E-state index contributed by atoms with van der Waals surface area (Å²) in [6, 6.07) is 5.19. The van der Waals surface area contributed by atoms with Crippen LogP contribution >= 0.6 is 11.6 Å². The number of rotatable bonds is 7. The Balaban J connectivity index is 2.12. The number of nitrogens with zero attached hydrogens (tertiary/aromatic N) is 1. The number of nitro groups is 1. The molecule has 2 rings (SSSR count). The average Bonchev–Trinajstić information content (AvgIpc) is 3.26. The van der Waals surface area contributed by atoms with E-state index >= 15 is 0 Å². The Bertz CT molecular complexity index is 527. The van der Waals surface area contributed by atoms with E-state index in [4.69, 9.17) is 16.3 Å². The molecule has 0 atom stereocenters. The molecule has 0 unspecified atom stereocenters. The van der Waals surface area contributed by atoms with Crippen molar-refractivity contribution in [2.24, 2.45) is 0 Å². The van der Waals surface area contributed by atoms with Crippen molar-refractivity contribution < 1.29 is 9.66 Å². The highest BCUT2D eigenvalue weighted by Gasteiger charge is 2.21. The van der Waals surface area contributed by atoms with Gasteiger partial charge in [-0.1, -0.05) is 11.6 Å². The number of nitrogens with one attached hydrogen (secondary N) is 1. The number of nitro benzene ring substituents is 1. The maximum Gasteiger partial charge on any atom is 0.270 e.